The van der Waals surface area contributed by atoms with Gasteiger partial charge in [-0.05, 0) is 12.3 Å². The number of rotatable bonds is 4. The van der Waals surface area contributed by atoms with Crippen LogP contribution in [-0.2, 0) is 0 Å². The lowest BCUT2D eigenvalue weighted by Crippen LogP contribution is -2.45. The standard InChI is InChI=1S/C15H19F3N2.2ClH/c16-11-8-12(17)15(13(18)9-11)14(7-10-1-2-10)20-5-3-19-4-6-20;;/h8-10,14,19H,1-7H2;2*1H/t14-;;/m1../s1. The molecule has 0 aromatic heterocycles. The molecule has 0 bridgehead atoms. The highest BCUT2D eigenvalue weighted by Gasteiger charge is 2.33. The summed E-state index contributed by atoms with van der Waals surface area (Å²) in [6.45, 7) is 3.19. The summed E-state index contributed by atoms with van der Waals surface area (Å²) in [4.78, 5) is 2.12. The van der Waals surface area contributed by atoms with E-state index in [1.54, 1.807) is 0 Å². The van der Waals surface area contributed by atoms with Crippen LogP contribution in [0, 0.1) is 23.4 Å². The van der Waals surface area contributed by atoms with Gasteiger partial charge in [0, 0.05) is 49.9 Å². The summed E-state index contributed by atoms with van der Waals surface area (Å²) in [6, 6.07) is 1.31. The summed E-state index contributed by atoms with van der Waals surface area (Å²) in [6.07, 6.45) is 3.03. The van der Waals surface area contributed by atoms with Crippen LogP contribution < -0.4 is 5.32 Å². The molecule has 1 saturated heterocycles. The smallest absolute Gasteiger partial charge is 0.133 e. The van der Waals surface area contributed by atoms with Crippen LogP contribution >= 0.6 is 24.8 Å². The average Bonchev–Trinajstić information content (AvgIpc) is 3.21. The van der Waals surface area contributed by atoms with E-state index in [1.807, 2.05) is 0 Å². The molecule has 22 heavy (non-hydrogen) atoms. The molecular weight excluding hydrogens is 336 g/mol. The van der Waals surface area contributed by atoms with E-state index in [0.717, 1.165) is 57.6 Å². The van der Waals surface area contributed by atoms with Crippen LogP contribution in [0.1, 0.15) is 30.9 Å². The molecule has 1 atom stereocenters. The van der Waals surface area contributed by atoms with E-state index < -0.39 is 17.5 Å². The fraction of sp³-hybridized carbons (Fsp3) is 0.600. The maximum Gasteiger partial charge on any atom is 0.133 e. The van der Waals surface area contributed by atoms with E-state index >= 15 is 0 Å². The summed E-state index contributed by atoms with van der Waals surface area (Å²) in [7, 11) is 0. The number of benzene rings is 1. The third-order valence-electron chi connectivity index (χ3n) is 4.22. The zero-order valence-electron chi connectivity index (χ0n) is 12.2. The first kappa shape index (κ1) is 19.6. The minimum Gasteiger partial charge on any atom is -0.314 e. The predicted molar refractivity (Wildman–Crippen MR) is 85.3 cm³/mol. The molecule has 0 spiro atoms. The van der Waals surface area contributed by atoms with Gasteiger partial charge in [0.2, 0.25) is 0 Å². The van der Waals surface area contributed by atoms with Crippen molar-refractivity contribution in [1.82, 2.24) is 10.2 Å². The van der Waals surface area contributed by atoms with E-state index in [0.29, 0.717) is 5.92 Å². The lowest BCUT2D eigenvalue weighted by molar-refractivity contribution is 0.154. The topological polar surface area (TPSA) is 15.3 Å². The summed E-state index contributed by atoms with van der Waals surface area (Å²) >= 11 is 0. The van der Waals surface area contributed by atoms with Gasteiger partial charge in [0.25, 0.3) is 0 Å². The Labute approximate surface area is 141 Å². The summed E-state index contributed by atoms with van der Waals surface area (Å²) < 4.78 is 41.2. The Morgan fingerprint density at radius 1 is 1.05 bits per heavy atom. The molecular formula is C15H21Cl2F3N2. The van der Waals surface area contributed by atoms with E-state index in [1.165, 1.54) is 0 Å². The zero-order valence-corrected chi connectivity index (χ0v) is 13.8. The van der Waals surface area contributed by atoms with Crippen molar-refractivity contribution in [2.75, 3.05) is 26.2 Å². The van der Waals surface area contributed by atoms with Crippen molar-refractivity contribution >= 4 is 24.8 Å². The highest BCUT2D eigenvalue weighted by atomic mass is 35.5. The highest BCUT2D eigenvalue weighted by Crippen LogP contribution is 2.41. The van der Waals surface area contributed by atoms with Crippen molar-refractivity contribution in [1.29, 1.82) is 0 Å². The molecule has 126 valence electrons. The van der Waals surface area contributed by atoms with Crippen LogP contribution in [0.15, 0.2) is 12.1 Å². The monoisotopic (exact) mass is 356 g/mol. The van der Waals surface area contributed by atoms with Gasteiger partial charge in [0.05, 0.1) is 0 Å². The van der Waals surface area contributed by atoms with Gasteiger partial charge in [-0.15, -0.1) is 24.8 Å². The van der Waals surface area contributed by atoms with Crippen LogP contribution in [0.4, 0.5) is 13.2 Å². The van der Waals surface area contributed by atoms with Crippen LogP contribution in [0.25, 0.3) is 0 Å². The number of halogens is 5. The first-order valence-electron chi connectivity index (χ1n) is 7.24. The molecule has 0 unspecified atom stereocenters. The molecule has 3 rings (SSSR count). The number of hydrogen-bond acceptors (Lipinski definition) is 2. The molecule has 1 heterocycles. The Bertz CT molecular complexity index is 469. The summed E-state index contributed by atoms with van der Waals surface area (Å²) in [5, 5.41) is 3.24. The van der Waals surface area contributed by atoms with Gasteiger partial charge in [-0.3, -0.25) is 4.90 Å². The Hall–Kier alpha value is -0.490. The van der Waals surface area contributed by atoms with Crippen LogP contribution in [0.5, 0.6) is 0 Å². The van der Waals surface area contributed by atoms with Gasteiger partial charge in [-0.1, -0.05) is 12.8 Å². The number of hydrogen-bond donors (Lipinski definition) is 1. The van der Waals surface area contributed by atoms with Crippen molar-refractivity contribution in [3.63, 3.8) is 0 Å². The molecule has 2 aliphatic rings. The average molecular weight is 357 g/mol. The van der Waals surface area contributed by atoms with Crippen LogP contribution in [0.2, 0.25) is 0 Å². The quantitative estimate of drug-likeness (QED) is 0.884. The number of nitrogens with one attached hydrogen (secondary N) is 1. The minimum absolute atomic E-state index is 0. The van der Waals surface area contributed by atoms with E-state index in [2.05, 4.69) is 10.2 Å². The molecule has 0 radical (unpaired) electrons. The molecule has 1 aromatic carbocycles. The van der Waals surface area contributed by atoms with E-state index in [4.69, 9.17) is 0 Å². The fourth-order valence-electron chi connectivity index (χ4n) is 2.98. The van der Waals surface area contributed by atoms with Gasteiger partial charge >= 0.3 is 0 Å². The van der Waals surface area contributed by atoms with E-state index in [9.17, 15) is 13.2 Å². The third-order valence-corrected chi connectivity index (χ3v) is 4.22. The third kappa shape index (κ3) is 4.51. The van der Waals surface area contributed by atoms with Gasteiger partial charge in [0.15, 0.2) is 0 Å². The fourth-order valence-corrected chi connectivity index (χ4v) is 2.98. The molecule has 1 aliphatic heterocycles. The van der Waals surface area contributed by atoms with Gasteiger partial charge in [-0.2, -0.15) is 0 Å². The van der Waals surface area contributed by atoms with Crippen molar-refractivity contribution in [3.05, 3.63) is 35.1 Å². The molecule has 0 amide bonds. The van der Waals surface area contributed by atoms with Crippen LogP contribution in [0.3, 0.4) is 0 Å². The Balaban J connectivity index is 0.00000121. The largest absolute Gasteiger partial charge is 0.314 e. The second-order valence-electron chi connectivity index (χ2n) is 5.76. The summed E-state index contributed by atoms with van der Waals surface area (Å²) in [5.41, 5.74) is 0.0419. The van der Waals surface area contributed by atoms with Crippen molar-refractivity contribution in [2.45, 2.75) is 25.3 Å². The Morgan fingerprint density at radius 2 is 1.59 bits per heavy atom. The molecule has 2 fully saturated rings. The molecule has 1 aliphatic carbocycles. The normalized spacial score (nSPS) is 20.0. The Morgan fingerprint density at radius 3 is 2.09 bits per heavy atom. The summed E-state index contributed by atoms with van der Waals surface area (Å²) in [5.74, 6) is -1.81. The van der Waals surface area contributed by atoms with Gasteiger partial charge in [-0.25, -0.2) is 13.2 Å². The lowest BCUT2D eigenvalue weighted by atomic mass is 9.97. The Kier molecular flexibility index (Phi) is 7.46. The molecule has 2 nitrogen and oxygen atoms in total. The van der Waals surface area contributed by atoms with Gasteiger partial charge < -0.3 is 5.32 Å². The SMILES string of the molecule is Cl.Cl.Fc1cc(F)c([C@@H](CC2CC2)N2CCNCC2)c(F)c1. The highest BCUT2D eigenvalue weighted by molar-refractivity contribution is 5.85. The maximum atomic E-state index is 14.1. The second-order valence-corrected chi connectivity index (χ2v) is 5.76. The van der Waals surface area contributed by atoms with Gasteiger partial charge in [0.1, 0.15) is 17.5 Å². The number of nitrogens with zero attached hydrogens (tertiary/aromatic N) is 1. The molecule has 7 heteroatoms. The second kappa shape index (κ2) is 8.39. The van der Waals surface area contributed by atoms with Crippen LogP contribution in [-0.4, -0.2) is 31.1 Å². The maximum absolute atomic E-state index is 14.1. The zero-order chi connectivity index (χ0) is 14.1. The first-order valence-corrected chi connectivity index (χ1v) is 7.24. The first-order chi connectivity index (χ1) is 9.65. The lowest BCUT2D eigenvalue weighted by Gasteiger charge is -2.35. The molecule has 1 saturated carbocycles. The number of piperazine rings is 1. The molecule has 1 aromatic rings. The minimum atomic E-state index is -0.853. The van der Waals surface area contributed by atoms with Crippen molar-refractivity contribution in [3.8, 4) is 0 Å². The predicted octanol–water partition coefficient (Wildman–Crippen LogP) is 3.69. The van der Waals surface area contributed by atoms with E-state index in [-0.39, 0.29) is 36.4 Å². The van der Waals surface area contributed by atoms with Crippen molar-refractivity contribution in [2.24, 2.45) is 5.92 Å². The van der Waals surface area contributed by atoms with Crippen molar-refractivity contribution < 1.29 is 13.2 Å². The molecule has 1 N–H and O–H groups in total.